The number of anilines is 1. The summed E-state index contributed by atoms with van der Waals surface area (Å²) in [6.45, 7) is 0.808. The molecule has 4 heteroatoms. The minimum atomic E-state index is 0.685. The molecule has 0 radical (unpaired) electrons. The summed E-state index contributed by atoms with van der Waals surface area (Å²) in [6.07, 6.45) is 0. The van der Waals surface area contributed by atoms with Crippen molar-refractivity contribution in [3.8, 4) is 6.07 Å². The van der Waals surface area contributed by atoms with Gasteiger partial charge in [-0.1, -0.05) is 0 Å². The van der Waals surface area contributed by atoms with E-state index in [1.54, 1.807) is 11.3 Å². The molecule has 2 rings (SSSR count). The Morgan fingerprint density at radius 2 is 1.94 bits per heavy atom. The molecule has 0 saturated carbocycles. The Bertz CT molecular complexity index is 511. The highest BCUT2D eigenvalue weighted by atomic mass is 79.9. The SMILES string of the molecule is N#Cc1ccc(NCc2ccc(Br)s2)cc1. The number of nitrogens with zero attached hydrogens (tertiary/aromatic N) is 1. The van der Waals surface area contributed by atoms with E-state index in [1.165, 1.54) is 4.88 Å². The van der Waals surface area contributed by atoms with Crippen LogP contribution in [-0.4, -0.2) is 0 Å². The topological polar surface area (TPSA) is 35.8 Å². The smallest absolute Gasteiger partial charge is 0.0991 e. The van der Waals surface area contributed by atoms with Crippen molar-refractivity contribution in [2.75, 3.05) is 5.32 Å². The molecule has 16 heavy (non-hydrogen) atoms. The van der Waals surface area contributed by atoms with Gasteiger partial charge < -0.3 is 5.32 Å². The molecule has 1 aromatic carbocycles. The molecular formula is C12H9BrN2S. The fourth-order valence-corrected chi connectivity index (χ4v) is 2.72. The lowest BCUT2D eigenvalue weighted by Crippen LogP contribution is -1.96. The summed E-state index contributed by atoms with van der Waals surface area (Å²) in [5.74, 6) is 0. The Hall–Kier alpha value is -1.31. The lowest BCUT2D eigenvalue weighted by Gasteiger charge is -2.03. The minimum Gasteiger partial charge on any atom is -0.380 e. The zero-order valence-corrected chi connectivity index (χ0v) is 10.8. The van der Waals surface area contributed by atoms with Gasteiger partial charge >= 0.3 is 0 Å². The van der Waals surface area contributed by atoms with E-state index in [0.717, 1.165) is 16.0 Å². The number of hydrogen-bond acceptors (Lipinski definition) is 3. The monoisotopic (exact) mass is 292 g/mol. The average Bonchev–Trinajstić information content (AvgIpc) is 2.73. The zero-order chi connectivity index (χ0) is 11.4. The van der Waals surface area contributed by atoms with Crippen molar-refractivity contribution in [1.82, 2.24) is 0 Å². The van der Waals surface area contributed by atoms with Gasteiger partial charge in [0, 0.05) is 17.1 Å². The number of thiophene rings is 1. The van der Waals surface area contributed by atoms with Crippen molar-refractivity contribution in [2.24, 2.45) is 0 Å². The quantitative estimate of drug-likeness (QED) is 0.928. The van der Waals surface area contributed by atoms with E-state index in [1.807, 2.05) is 30.3 Å². The van der Waals surface area contributed by atoms with Gasteiger partial charge in [-0.2, -0.15) is 5.26 Å². The van der Waals surface area contributed by atoms with Gasteiger partial charge in [-0.3, -0.25) is 0 Å². The summed E-state index contributed by atoms with van der Waals surface area (Å²) in [5.41, 5.74) is 1.72. The van der Waals surface area contributed by atoms with Gasteiger partial charge in [0.1, 0.15) is 0 Å². The lowest BCUT2D eigenvalue weighted by atomic mass is 10.2. The van der Waals surface area contributed by atoms with Crippen LogP contribution in [0.1, 0.15) is 10.4 Å². The van der Waals surface area contributed by atoms with Crippen molar-refractivity contribution in [2.45, 2.75) is 6.54 Å². The highest BCUT2D eigenvalue weighted by molar-refractivity contribution is 9.11. The molecule has 80 valence electrons. The molecule has 0 spiro atoms. The predicted molar refractivity (Wildman–Crippen MR) is 70.5 cm³/mol. The number of rotatable bonds is 3. The molecule has 0 saturated heterocycles. The predicted octanol–water partition coefficient (Wildman–Crippen LogP) is 3.99. The molecule has 1 N–H and O–H groups in total. The molecule has 2 nitrogen and oxygen atoms in total. The first-order valence-corrected chi connectivity index (χ1v) is 6.37. The van der Waals surface area contributed by atoms with Crippen LogP contribution in [-0.2, 0) is 6.54 Å². The summed E-state index contributed by atoms with van der Waals surface area (Å²) in [6, 6.07) is 13.7. The van der Waals surface area contributed by atoms with E-state index in [-0.39, 0.29) is 0 Å². The molecule has 0 aliphatic rings. The lowest BCUT2D eigenvalue weighted by molar-refractivity contribution is 1.19. The fraction of sp³-hybridized carbons (Fsp3) is 0.0833. The van der Waals surface area contributed by atoms with E-state index < -0.39 is 0 Å². The maximum absolute atomic E-state index is 8.67. The van der Waals surface area contributed by atoms with Crippen LogP contribution >= 0.6 is 27.3 Å². The van der Waals surface area contributed by atoms with Crippen molar-refractivity contribution >= 4 is 33.0 Å². The van der Waals surface area contributed by atoms with Crippen molar-refractivity contribution in [3.05, 3.63) is 50.6 Å². The molecule has 0 amide bonds. The minimum absolute atomic E-state index is 0.685. The second-order valence-electron chi connectivity index (χ2n) is 3.25. The molecular weight excluding hydrogens is 284 g/mol. The summed E-state index contributed by atoms with van der Waals surface area (Å²) in [4.78, 5) is 1.27. The van der Waals surface area contributed by atoms with Crippen LogP contribution in [0.15, 0.2) is 40.2 Å². The fourth-order valence-electron chi connectivity index (χ4n) is 1.30. The van der Waals surface area contributed by atoms with E-state index in [2.05, 4.69) is 33.4 Å². The van der Waals surface area contributed by atoms with Gasteiger partial charge in [0.2, 0.25) is 0 Å². The van der Waals surface area contributed by atoms with Crippen LogP contribution in [0.3, 0.4) is 0 Å². The molecule has 0 aliphatic carbocycles. The third-order valence-corrected chi connectivity index (χ3v) is 3.73. The number of halogens is 1. The molecule has 0 aliphatic heterocycles. The Morgan fingerprint density at radius 1 is 1.19 bits per heavy atom. The first kappa shape index (κ1) is 11.2. The van der Waals surface area contributed by atoms with Crippen molar-refractivity contribution < 1.29 is 0 Å². The maximum atomic E-state index is 8.67. The van der Waals surface area contributed by atoms with Gasteiger partial charge in [0.25, 0.3) is 0 Å². The first-order valence-electron chi connectivity index (χ1n) is 4.76. The molecule has 0 bridgehead atoms. The normalized spacial score (nSPS) is 9.75. The molecule has 0 unspecified atom stereocenters. The Kier molecular flexibility index (Phi) is 3.60. The van der Waals surface area contributed by atoms with Gasteiger partial charge in [-0.05, 0) is 52.3 Å². The number of benzene rings is 1. The molecule has 0 fully saturated rings. The summed E-state index contributed by atoms with van der Waals surface area (Å²) in [5, 5.41) is 12.0. The maximum Gasteiger partial charge on any atom is 0.0991 e. The first-order chi connectivity index (χ1) is 7.78. The van der Waals surface area contributed by atoms with Gasteiger partial charge in [0.05, 0.1) is 15.4 Å². The number of hydrogen-bond donors (Lipinski definition) is 1. The summed E-state index contributed by atoms with van der Waals surface area (Å²) >= 11 is 5.15. The van der Waals surface area contributed by atoms with E-state index >= 15 is 0 Å². The third kappa shape index (κ3) is 2.84. The molecule has 1 aromatic heterocycles. The summed E-state index contributed by atoms with van der Waals surface area (Å²) < 4.78 is 1.14. The van der Waals surface area contributed by atoms with Gasteiger partial charge in [-0.15, -0.1) is 11.3 Å². The third-order valence-electron chi connectivity index (χ3n) is 2.11. The largest absolute Gasteiger partial charge is 0.380 e. The van der Waals surface area contributed by atoms with E-state index in [0.29, 0.717) is 5.56 Å². The average molecular weight is 293 g/mol. The second-order valence-corrected chi connectivity index (χ2v) is 5.80. The van der Waals surface area contributed by atoms with Crippen LogP contribution in [0.4, 0.5) is 5.69 Å². The van der Waals surface area contributed by atoms with E-state index in [9.17, 15) is 0 Å². The zero-order valence-electron chi connectivity index (χ0n) is 8.40. The molecule has 0 atom stereocenters. The molecule has 2 aromatic rings. The standard InChI is InChI=1S/C12H9BrN2S/c13-12-6-5-11(16-12)8-15-10-3-1-9(7-14)2-4-10/h1-6,15H,8H2. The van der Waals surface area contributed by atoms with Crippen LogP contribution in [0, 0.1) is 11.3 Å². The number of nitriles is 1. The molecule has 1 heterocycles. The van der Waals surface area contributed by atoms with E-state index in [4.69, 9.17) is 5.26 Å². The highest BCUT2D eigenvalue weighted by Crippen LogP contribution is 2.22. The highest BCUT2D eigenvalue weighted by Gasteiger charge is 1.98. The van der Waals surface area contributed by atoms with Gasteiger partial charge in [0.15, 0.2) is 0 Å². The second kappa shape index (κ2) is 5.15. The Labute approximate surface area is 107 Å². The van der Waals surface area contributed by atoms with Crippen LogP contribution in [0.25, 0.3) is 0 Å². The van der Waals surface area contributed by atoms with Crippen LogP contribution < -0.4 is 5.32 Å². The van der Waals surface area contributed by atoms with Crippen LogP contribution in [0.5, 0.6) is 0 Å². The van der Waals surface area contributed by atoms with Gasteiger partial charge in [-0.25, -0.2) is 0 Å². The summed E-state index contributed by atoms with van der Waals surface area (Å²) in [7, 11) is 0. The van der Waals surface area contributed by atoms with Crippen molar-refractivity contribution in [3.63, 3.8) is 0 Å². The van der Waals surface area contributed by atoms with Crippen molar-refractivity contribution in [1.29, 1.82) is 5.26 Å². The Balaban J connectivity index is 1.97. The van der Waals surface area contributed by atoms with Crippen LogP contribution in [0.2, 0.25) is 0 Å². The number of nitrogens with one attached hydrogen (secondary N) is 1. The Morgan fingerprint density at radius 3 is 2.50 bits per heavy atom.